The van der Waals surface area contributed by atoms with Gasteiger partial charge in [-0.25, -0.2) is 0 Å². The number of carboxylic acid groups (broad SMARTS) is 1. The fourth-order valence-corrected chi connectivity index (χ4v) is 1.85. The fourth-order valence-electron chi connectivity index (χ4n) is 1.47. The molecule has 0 saturated heterocycles. The van der Waals surface area contributed by atoms with Gasteiger partial charge in [0, 0.05) is 16.9 Å². The molecule has 1 aromatic heterocycles. The first kappa shape index (κ1) is 8.69. The molecule has 1 saturated carbocycles. The van der Waals surface area contributed by atoms with E-state index < -0.39 is 5.97 Å². The molecule has 1 aromatic rings. The Morgan fingerprint density at radius 1 is 1.62 bits per heavy atom. The SMILES string of the molecule is O=C(O)[C@@H]1CC1c1cncc(Br)c1. The zero-order chi connectivity index (χ0) is 9.42. The van der Waals surface area contributed by atoms with Crippen LogP contribution in [0.1, 0.15) is 17.9 Å². The summed E-state index contributed by atoms with van der Waals surface area (Å²) in [5.41, 5.74) is 1.02. The predicted octanol–water partition coefficient (Wildman–Crippen LogP) is 2.03. The van der Waals surface area contributed by atoms with Crippen molar-refractivity contribution in [3.63, 3.8) is 0 Å². The first-order chi connectivity index (χ1) is 6.18. The van der Waals surface area contributed by atoms with E-state index in [1.807, 2.05) is 6.07 Å². The minimum Gasteiger partial charge on any atom is -0.481 e. The predicted molar refractivity (Wildman–Crippen MR) is 50.4 cm³/mol. The van der Waals surface area contributed by atoms with Crippen molar-refractivity contribution in [2.75, 3.05) is 0 Å². The van der Waals surface area contributed by atoms with E-state index in [0.717, 1.165) is 16.5 Å². The lowest BCUT2D eigenvalue weighted by Gasteiger charge is -1.97. The van der Waals surface area contributed by atoms with Gasteiger partial charge in [0.2, 0.25) is 0 Å². The Kier molecular flexibility index (Phi) is 2.07. The lowest BCUT2D eigenvalue weighted by atomic mass is 10.1. The van der Waals surface area contributed by atoms with E-state index in [1.165, 1.54) is 0 Å². The van der Waals surface area contributed by atoms with Crippen molar-refractivity contribution in [1.82, 2.24) is 4.98 Å². The Labute approximate surface area is 83.9 Å². The van der Waals surface area contributed by atoms with Crippen molar-refractivity contribution >= 4 is 21.9 Å². The molecule has 13 heavy (non-hydrogen) atoms. The molecule has 1 N–H and O–H groups in total. The number of hydrogen-bond donors (Lipinski definition) is 1. The molecule has 1 aliphatic carbocycles. The van der Waals surface area contributed by atoms with Crippen LogP contribution in [0.5, 0.6) is 0 Å². The van der Waals surface area contributed by atoms with Gasteiger partial charge in [0.1, 0.15) is 0 Å². The van der Waals surface area contributed by atoms with Gasteiger partial charge in [0.25, 0.3) is 0 Å². The van der Waals surface area contributed by atoms with Gasteiger partial charge < -0.3 is 5.11 Å². The van der Waals surface area contributed by atoms with Crippen LogP contribution in [0.25, 0.3) is 0 Å². The van der Waals surface area contributed by atoms with Gasteiger partial charge in [-0.3, -0.25) is 9.78 Å². The summed E-state index contributed by atoms with van der Waals surface area (Å²) < 4.78 is 0.904. The Morgan fingerprint density at radius 2 is 2.38 bits per heavy atom. The highest BCUT2D eigenvalue weighted by atomic mass is 79.9. The lowest BCUT2D eigenvalue weighted by Crippen LogP contribution is -1.98. The standard InChI is InChI=1S/C9H8BrNO2/c10-6-1-5(3-11-4-6)7-2-8(7)9(12)13/h1,3-4,7-8H,2H2,(H,12,13)/t7?,8-/m1/s1. The normalized spacial score (nSPS) is 25.6. The third-order valence-corrected chi connectivity index (χ3v) is 2.70. The smallest absolute Gasteiger partial charge is 0.307 e. The minimum atomic E-state index is -0.704. The summed E-state index contributed by atoms with van der Waals surface area (Å²) >= 11 is 3.31. The second-order valence-corrected chi connectivity index (χ2v) is 4.14. The molecule has 0 spiro atoms. The molecular weight excluding hydrogens is 234 g/mol. The number of aliphatic carboxylic acids is 1. The van der Waals surface area contributed by atoms with Gasteiger partial charge in [0.05, 0.1) is 5.92 Å². The Morgan fingerprint density at radius 3 is 2.92 bits per heavy atom. The van der Waals surface area contributed by atoms with E-state index in [1.54, 1.807) is 12.4 Å². The van der Waals surface area contributed by atoms with Crippen LogP contribution in [0.2, 0.25) is 0 Å². The van der Waals surface area contributed by atoms with Crippen LogP contribution in [-0.4, -0.2) is 16.1 Å². The summed E-state index contributed by atoms with van der Waals surface area (Å²) in [5, 5.41) is 8.72. The third-order valence-electron chi connectivity index (χ3n) is 2.26. The maximum absolute atomic E-state index is 10.6. The Bertz CT molecular complexity index is 353. The van der Waals surface area contributed by atoms with Crippen molar-refractivity contribution in [1.29, 1.82) is 0 Å². The Balaban J connectivity index is 2.16. The number of carboxylic acids is 1. The molecule has 0 bridgehead atoms. The molecule has 0 radical (unpaired) electrons. The Hall–Kier alpha value is -0.900. The van der Waals surface area contributed by atoms with Crippen LogP contribution in [0.15, 0.2) is 22.9 Å². The fraction of sp³-hybridized carbons (Fsp3) is 0.333. The van der Waals surface area contributed by atoms with Gasteiger partial charge in [-0.15, -0.1) is 0 Å². The summed E-state index contributed by atoms with van der Waals surface area (Å²) in [6.45, 7) is 0. The zero-order valence-electron chi connectivity index (χ0n) is 6.77. The molecular formula is C9H8BrNO2. The van der Waals surface area contributed by atoms with E-state index >= 15 is 0 Å². The second kappa shape index (κ2) is 3.10. The monoisotopic (exact) mass is 241 g/mol. The van der Waals surface area contributed by atoms with Gasteiger partial charge in [-0.05, 0) is 39.9 Å². The molecule has 0 aromatic carbocycles. The molecule has 2 rings (SSSR count). The van der Waals surface area contributed by atoms with Crippen LogP contribution in [0.4, 0.5) is 0 Å². The number of aromatic nitrogens is 1. The molecule has 0 aliphatic heterocycles. The molecule has 68 valence electrons. The van der Waals surface area contributed by atoms with Crippen molar-refractivity contribution < 1.29 is 9.90 Å². The lowest BCUT2D eigenvalue weighted by molar-refractivity contribution is -0.138. The molecule has 4 heteroatoms. The number of carbonyl (C=O) groups is 1. The van der Waals surface area contributed by atoms with Crippen LogP contribution in [0, 0.1) is 5.92 Å². The number of pyridine rings is 1. The maximum Gasteiger partial charge on any atom is 0.307 e. The van der Waals surface area contributed by atoms with E-state index in [2.05, 4.69) is 20.9 Å². The molecule has 3 nitrogen and oxygen atoms in total. The highest BCUT2D eigenvalue weighted by Gasteiger charge is 2.44. The first-order valence-corrected chi connectivity index (χ1v) is 4.81. The van der Waals surface area contributed by atoms with Crippen molar-refractivity contribution in [3.05, 3.63) is 28.5 Å². The minimum absolute atomic E-state index is 0.169. The molecule has 1 fully saturated rings. The van der Waals surface area contributed by atoms with E-state index in [0.29, 0.717) is 0 Å². The number of nitrogens with zero attached hydrogens (tertiary/aromatic N) is 1. The summed E-state index contributed by atoms with van der Waals surface area (Å²) in [5.74, 6) is -0.733. The van der Waals surface area contributed by atoms with E-state index in [4.69, 9.17) is 5.11 Å². The van der Waals surface area contributed by atoms with Crippen LogP contribution >= 0.6 is 15.9 Å². The van der Waals surface area contributed by atoms with Crippen molar-refractivity contribution in [2.24, 2.45) is 5.92 Å². The van der Waals surface area contributed by atoms with Gasteiger partial charge in [-0.2, -0.15) is 0 Å². The molecule has 1 heterocycles. The van der Waals surface area contributed by atoms with Crippen LogP contribution in [-0.2, 0) is 4.79 Å². The van der Waals surface area contributed by atoms with E-state index in [9.17, 15) is 4.79 Å². The second-order valence-electron chi connectivity index (χ2n) is 3.22. The maximum atomic E-state index is 10.6. The molecule has 2 atom stereocenters. The summed E-state index contributed by atoms with van der Waals surface area (Å²) in [6.07, 6.45) is 4.17. The quantitative estimate of drug-likeness (QED) is 0.863. The van der Waals surface area contributed by atoms with Crippen LogP contribution < -0.4 is 0 Å². The third kappa shape index (κ3) is 1.72. The highest BCUT2D eigenvalue weighted by Crippen LogP contribution is 2.47. The molecule has 0 amide bonds. The van der Waals surface area contributed by atoms with Crippen molar-refractivity contribution in [2.45, 2.75) is 12.3 Å². The largest absolute Gasteiger partial charge is 0.481 e. The number of rotatable bonds is 2. The number of hydrogen-bond acceptors (Lipinski definition) is 2. The number of halogens is 1. The first-order valence-electron chi connectivity index (χ1n) is 4.01. The average molecular weight is 242 g/mol. The van der Waals surface area contributed by atoms with Gasteiger partial charge in [0.15, 0.2) is 0 Å². The van der Waals surface area contributed by atoms with Gasteiger partial charge >= 0.3 is 5.97 Å². The van der Waals surface area contributed by atoms with Crippen molar-refractivity contribution in [3.8, 4) is 0 Å². The average Bonchev–Trinajstić information content (AvgIpc) is 2.82. The van der Waals surface area contributed by atoms with Gasteiger partial charge in [-0.1, -0.05) is 0 Å². The van der Waals surface area contributed by atoms with E-state index in [-0.39, 0.29) is 11.8 Å². The molecule has 1 unspecified atom stereocenters. The van der Waals surface area contributed by atoms with Crippen LogP contribution in [0.3, 0.4) is 0 Å². The molecule has 1 aliphatic rings. The summed E-state index contributed by atoms with van der Waals surface area (Å²) in [6, 6.07) is 1.93. The summed E-state index contributed by atoms with van der Waals surface area (Å²) in [7, 11) is 0. The topological polar surface area (TPSA) is 50.2 Å². The zero-order valence-corrected chi connectivity index (χ0v) is 8.36. The highest BCUT2D eigenvalue weighted by molar-refractivity contribution is 9.10. The summed E-state index contributed by atoms with van der Waals surface area (Å²) in [4.78, 5) is 14.6.